The molecule has 0 bridgehead atoms. The number of benzene rings is 1. The average Bonchev–Trinajstić information content (AvgIpc) is 2.18. The molecule has 84 valence electrons. The normalized spacial score (nSPS) is 13.2. The van der Waals surface area contributed by atoms with Crippen molar-refractivity contribution in [2.75, 3.05) is 6.54 Å². The van der Waals surface area contributed by atoms with Crippen molar-refractivity contribution in [3.05, 3.63) is 34.9 Å². The summed E-state index contributed by atoms with van der Waals surface area (Å²) in [5, 5.41) is 0. The van der Waals surface area contributed by atoms with E-state index < -0.39 is 0 Å². The molecular formula is C14H23N. The third kappa shape index (κ3) is 3.07. The topological polar surface area (TPSA) is 26.0 Å². The fourth-order valence-electron chi connectivity index (χ4n) is 2.06. The predicted molar refractivity (Wildman–Crippen MR) is 67.2 cm³/mol. The quantitative estimate of drug-likeness (QED) is 0.801. The molecule has 0 amide bonds. The van der Waals surface area contributed by atoms with Crippen LogP contribution in [0.3, 0.4) is 0 Å². The highest BCUT2D eigenvalue weighted by Gasteiger charge is 2.15. The third-order valence-corrected chi connectivity index (χ3v) is 3.24. The van der Waals surface area contributed by atoms with Crippen LogP contribution in [0.2, 0.25) is 0 Å². The fourth-order valence-corrected chi connectivity index (χ4v) is 2.06. The van der Waals surface area contributed by atoms with E-state index in [9.17, 15) is 0 Å². The van der Waals surface area contributed by atoms with Crippen molar-refractivity contribution in [2.45, 2.75) is 40.0 Å². The summed E-state index contributed by atoms with van der Waals surface area (Å²) in [6, 6.07) is 6.79. The van der Waals surface area contributed by atoms with E-state index in [0.29, 0.717) is 11.8 Å². The van der Waals surface area contributed by atoms with Gasteiger partial charge in [0.1, 0.15) is 0 Å². The molecule has 0 radical (unpaired) electrons. The van der Waals surface area contributed by atoms with E-state index in [1.54, 1.807) is 0 Å². The molecule has 0 aromatic heterocycles. The molecule has 0 fully saturated rings. The Morgan fingerprint density at radius 1 is 1.13 bits per heavy atom. The van der Waals surface area contributed by atoms with Gasteiger partial charge in [0.05, 0.1) is 0 Å². The molecule has 1 rings (SSSR count). The van der Waals surface area contributed by atoms with E-state index in [4.69, 9.17) is 5.73 Å². The molecule has 1 aromatic rings. The Labute approximate surface area is 93.7 Å². The Balaban J connectivity index is 2.95. The van der Waals surface area contributed by atoms with Crippen LogP contribution >= 0.6 is 0 Å². The second kappa shape index (κ2) is 5.32. The number of nitrogens with two attached hydrogens (primary N) is 1. The van der Waals surface area contributed by atoms with Crippen LogP contribution in [0.15, 0.2) is 18.2 Å². The van der Waals surface area contributed by atoms with E-state index in [2.05, 4.69) is 45.9 Å². The molecule has 15 heavy (non-hydrogen) atoms. The molecule has 1 atom stereocenters. The summed E-state index contributed by atoms with van der Waals surface area (Å²) in [5.41, 5.74) is 9.87. The maximum absolute atomic E-state index is 5.67. The van der Waals surface area contributed by atoms with Crippen LogP contribution in [-0.4, -0.2) is 6.54 Å². The minimum atomic E-state index is 0.606. The summed E-state index contributed by atoms with van der Waals surface area (Å²) in [4.78, 5) is 0. The number of hydrogen-bond acceptors (Lipinski definition) is 1. The van der Waals surface area contributed by atoms with Gasteiger partial charge in [0.25, 0.3) is 0 Å². The van der Waals surface area contributed by atoms with Crippen molar-refractivity contribution in [2.24, 2.45) is 11.7 Å². The Kier molecular flexibility index (Phi) is 4.34. The van der Waals surface area contributed by atoms with Gasteiger partial charge in [-0.05, 0) is 55.3 Å². The van der Waals surface area contributed by atoms with Gasteiger partial charge in [-0.2, -0.15) is 0 Å². The maximum Gasteiger partial charge on any atom is -0.00713 e. The van der Waals surface area contributed by atoms with Gasteiger partial charge in [0.2, 0.25) is 0 Å². The van der Waals surface area contributed by atoms with Crippen molar-refractivity contribution in [3.63, 3.8) is 0 Å². The van der Waals surface area contributed by atoms with Gasteiger partial charge in [-0.1, -0.05) is 32.0 Å². The van der Waals surface area contributed by atoms with Gasteiger partial charge >= 0.3 is 0 Å². The van der Waals surface area contributed by atoms with Crippen molar-refractivity contribution < 1.29 is 0 Å². The highest BCUT2D eigenvalue weighted by atomic mass is 14.5. The lowest BCUT2D eigenvalue weighted by atomic mass is 9.84. The van der Waals surface area contributed by atoms with Gasteiger partial charge in [-0.3, -0.25) is 0 Å². The second-order valence-corrected chi connectivity index (χ2v) is 4.77. The molecule has 0 saturated carbocycles. The van der Waals surface area contributed by atoms with Crippen LogP contribution in [0.4, 0.5) is 0 Å². The first-order valence-corrected chi connectivity index (χ1v) is 5.83. The first kappa shape index (κ1) is 12.3. The van der Waals surface area contributed by atoms with Crippen LogP contribution in [0.25, 0.3) is 0 Å². The molecule has 0 aliphatic heterocycles. The summed E-state index contributed by atoms with van der Waals surface area (Å²) in [5.74, 6) is 1.27. The molecule has 2 N–H and O–H groups in total. The smallest absolute Gasteiger partial charge is 0.00713 e. The number of aryl methyl sites for hydroxylation is 2. The summed E-state index contributed by atoms with van der Waals surface area (Å²) in [6.45, 7) is 9.66. The molecule has 0 heterocycles. The average molecular weight is 205 g/mol. The Morgan fingerprint density at radius 3 is 2.27 bits per heavy atom. The third-order valence-electron chi connectivity index (χ3n) is 3.24. The second-order valence-electron chi connectivity index (χ2n) is 4.77. The molecule has 1 aromatic carbocycles. The van der Waals surface area contributed by atoms with Crippen molar-refractivity contribution in [1.29, 1.82) is 0 Å². The molecule has 0 aliphatic carbocycles. The van der Waals surface area contributed by atoms with Gasteiger partial charge in [0.15, 0.2) is 0 Å². The Bertz CT molecular complexity index is 315. The summed E-state index contributed by atoms with van der Waals surface area (Å²) in [6.07, 6.45) is 1.08. The molecule has 1 nitrogen and oxygen atoms in total. The number of rotatable bonds is 4. The molecule has 1 unspecified atom stereocenters. The lowest BCUT2D eigenvalue weighted by Crippen LogP contribution is -2.12. The minimum absolute atomic E-state index is 0.606. The Hall–Kier alpha value is -0.820. The van der Waals surface area contributed by atoms with E-state index >= 15 is 0 Å². The zero-order valence-electron chi connectivity index (χ0n) is 10.4. The fraction of sp³-hybridized carbons (Fsp3) is 0.571. The zero-order chi connectivity index (χ0) is 11.4. The molecule has 0 aliphatic rings. The minimum Gasteiger partial charge on any atom is -0.330 e. The molecule has 0 saturated heterocycles. The SMILES string of the molecule is Cc1ccc(C(CCN)C(C)C)cc1C. The van der Waals surface area contributed by atoms with Crippen molar-refractivity contribution in [1.82, 2.24) is 0 Å². The summed E-state index contributed by atoms with van der Waals surface area (Å²) < 4.78 is 0. The predicted octanol–water partition coefficient (Wildman–Crippen LogP) is 3.39. The first-order valence-electron chi connectivity index (χ1n) is 5.83. The van der Waals surface area contributed by atoms with Crippen LogP contribution in [-0.2, 0) is 0 Å². The summed E-state index contributed by atoms with van der Waals surface area (Å²) in [7, 11) is 0. The molecular weight excluding hydrogens is 182 g/mol. The maximum atomic E-state index is 5.67. The van der Waals surface area contributed by atoms with Crippen LogP contribution in [0.1, 0.15) is 42.9 Å². The highest BCUT2D eigenvalue weighted by molar-refractivity contribution is 5.32. The monoisotopic (exact) mass is 205 g/mol. The summed E-state index contributed by atoms with van der Waals surface area (Å²) >= 11 is 0. The van der Waals surface area contributed by atoms with Crippen molar-refractivity contribution >= 4 is 0 Å². The van der Waals surface area contributed by atoms with Crippen molar-refractivity contribution in [3.8, 4) is 0 Å². The van der Waals surface area contributed by atoms with E-state index in [-0.39, 0.29) is 0 Å². The van der Waals surface area contributed by atoms with E-state index in [0.717, 1.165) is 13.0 Å². The molecule has 0 spiro atoms. The lowest BCUT2D eigenvalue weighted by Gasteiger charge is -2.21. The van der Waals surface area contributed by atoms with Crippen LogP contribution < -0.4 is 5.73 Å². The van der Waals surface area contributed by atoms with Gasteiger partial charge in [0, 0.05) is 0 Å². The molecule has 1 heteroatoms. The van der Waals surface area contributed by atoms with E-state index in [1.807, 2.05) is 0 Å². The van der Waals surface area contributed by atoms with Crippen LogP contribution in [0.5, 0.6) is 0 Å². The van der Waals surface area contributed by atoms with Gasteiger partial charge in [-0.15, -0.1) is 0 Å². The van der Waals surface area contributed by atoms with Gasteiger partial charge < -0.3 is 5.73 Å². The zero-order valence-corrected chi connectivity index (χ0v) is 10.4. The Morgan fingerprint density at radius 2 is 1.80 bits per heavy atom. The standard InChI is InChI=1S/C14H23N/c1-10(2)14(7-8-15)13-6-5-11(3)12(4)9-13/h5-6,9-10,14H,7-8,15H2,1-4H3. The first-order chi connectivity index (χ1) is 7.06. The van der Waals surface area contributed by atoms with Crippen LogP contribution in [0, 0.1) is 19.8 Å². The lowest BCUT2D eigenvalue weighted by molar-refractivity contribution is 0.473. The highest BCUT2D eigenvalue weighted by Crippen LogP contribution is 2.28. The number of hydrogen-bond donors (Lipinski definition) is 1. The van der Waals surface area contributed by atoms with Gasteiger partial charge in [-0.25, -0.2) is 0 Å². The largest absolute Gasteiger partial charge is 0.330 e. The van der Waals surface area contributed by atoms with E-state index in [1.165, 1.54) is 16.7 Å².